The molecule has 1 heterocycles. The molecule has 1 amide bonds. The molecule has 9 heteroatoms. The number of nitrogens with one attached hydrogen (secondary N) is 1. The summed E-state index contributed by atoms with van der Waals surface area (Å²) in [5.74, 6) is 0.836. The summed E-state index contributed by atoms with van der Waals surface area (Å²) in [6, 6.07) is 10.2. The van der Waals surface area contributed by atoms with Gasteiger partial charge in [0.15, 0.2) is 29.7 Å². The number of amides is 1. The SMILES string of the molecule is CCOc1cc(C2C3=C(CCCC3=O)OC3=C2C(=O)CCC3)cc(Cl)c1OCC(=O)Nc1ccc(Cl)cc1. The molecule has 0 saturated heterocycles. The average Bonchev–Trinajstić information content (AvgIpc) is 2.89. The molecule has 2 aromatic carbocycles. The van der Waals surface area contributed by atoms with E-state index in [1.807, 2.05) is 6.92 Å². The molecule has 0 spiro atoms. The summed E-state index contributed by atoms with van der Waals surface area (Å²) in [6.07, 6.45) is 3.56. The molecule has 5 rings (SSSR count). The molecule has 7 nitrogen and oxygen atoms in total. The minimum atomic E-state index is -0.576. The van der Waals surface area contributed by atoms with Crippen molar-refractivity contribution in [1.29, 1.82) is 0 Å². The lowest BCUT2D eigenvalue weighted by molar-refractivity contribution is -0.119. The van der Waals surface area contributed by atoms with Crippen molar-refractivity contribution in [1.82, 2.24) is 0 Å². The Morgan fingerprint density at radius 1 is 0.947 bits per heavy atom. The van der Waals surface area contributed by atoms with Crippen molar-refractivity contribution in [3.05, 3.63) is 74.7 Å². The fourth-order valence-corrected chi connectivity index (χ4v) is 5.58. The predicted molar refractivity (Wildman–Crippen MR) is 144 cm³/mol. The quantitative estimate of drug-likeness (QED) is 0.417. The zero-order valence-electron chi connectivity index (χ0n) is 20.9. The van der Waals surface area contributed by atoms with Gasteiger partial charge >= 0.3 is 0 Å². The number of ketones is 2. The van der Waals surface area contributed by atoms with Crippen LogP contribution in [-0.2, 0) is 19.1 Å². The number of halogens is 2. The van der Waals surface area contributed by atoms with Gasteiger partial charge < -0.3 is 19.5 Å². The van der Waals surface area contributed by atoms with Crippen LogP contribution in [0.4, 0.5) is 5.69 Å². The lowest BCUT2D eigenvalue weighted by Gasteiger charge is -2.36. The van der Waals surface area contributed by atoms with Crippen molar-refractivity contribution >= 4 is 46.4 Å². The normalized spacial score (nSPS) is 17.6. The van der Waals surface area contributed by atoms with Gasteiger partial charge in [0.2, 0.25) is 0 Å². The summed E-state index contributed by atoms with van der Waals surface area (Å²) in [4.78, 5) is 38.7. The number of anilines is 1. The summed E-state index contributed by atoms with van der Waals surface area (Å²) < 4.78 is 17.8. The molecule has 0 fully saturated rings. The molecular formula is C29H27Cl2NO6. The molecule has 2 aromatic rings. The lowest BCUT2D eigenvalue weighted by atomic mass is 9.73. The molecule has 1 N–H and O–H groups in total. The number of carbonyl (C=O) groups is 3. The summed E-state index contributed by atoms with van der Waals surface area (Å²) in [5.41, 5.74) is 2.29. The first-order chi connectivity index (χ1) is 18.4. The molecule has 1 aliphatic heterocycles. The maximum absolute atomic E-state index is 13.1. The second-order valence-corrected chi connectivity index (χ2v) is 10.2. The van der Waals surface area contributed by atoms with Crippen LogP contribution in [0.3, 0.4) is 0 Å². The molecule has 0 radical (unpaired) electrons. The van der Waals surface area contributed by atoms with Crippen LogP contribution >= 0.6 is 23.2 Å². The third-order valence-electron chi connectivity index (χ3n) is 6.78. The summed E-state index contributed by atoms with van der Waals surface area (Å²) in [5, 5.41) is 3.52. The number of ether oxygens (including phenoxy) is 3. The maximum Gasteiger partial charge on any atom is 0.262 e. The summed E-state index contributed by atoms with van der Waals surface area (Å²) >= 11 is 12.6. The number of hydrogen-bond acceptors (Lipinski definition) is 6. The zero-order valence-corrected chi connectivity index (χ0v) is 22.4. The second kappa shape index (κ2) is 11.2. The Hall–Kier alpha value is -3.29. The van der Waals surface area contributed by atoms with Gasteiger partial charge in [0.05, 0.1) is 11.6 Å². The Kier molecular flexibility index (Phi) is 7.77. The van der Waals surface area contributed by atoms with Crippen LogP contribution in [-0.4, -0.2) is 30.7 Å². The second-order valence-electron chi connectivity index (χ2n) is 9.37. The summed E-state index contributed by atoms with van der Waals surface area (Å²) in [6.45, 7) is 1.84. The predicted octanol–water partition coefficient (Wildman–Crippen LogP) is 6.54. The number of hydrogen-bond donors (Lipinski definition) is 1. The molecule has 0 bridgehead atoms. The standard InChI is InChI=1S/C29H27Cl2NO6/c1-2-36-24-14-16(13-19(31)29(24)37-15-25(35)32-18-11-9-17(30)10-12-18)26-27-20(33)5-3-7-22(27)38-23-8-4-6-21(34)28(23)26/h9-14,26H,2-8,15H2,1H3,(H,32,35). The van der Waals surface area contributed by atoms with Crippen molar-refractivity contribution < 1.29 is 28.6 Å². The van der Waals surface area contributed by atoms with Crippen LogP contribution in [0.2, 0.25) is 10.0 Å². The molecule has 0 atom stereocenters. The minimum Gasteiger partial charge on any atom is -0.490 e. The van der Waals surface area contributed by atoms with Gasteiger partial charge in [-0.25, -0.2) is 0 Å². The fraction of sp³-hybridized carbons (Fsp3) is 0.345. The number of Topliss-reactive ketones (excluding diaryl/α,β-unsaturated/α-hetero) is 2. The van der Waals surface area contributed by atoms with Gasteiger partial charge in [-0.1, -0.05) is 23.2 Å². The Morgan fingerprint density at radius 2 is 1.58 bits per heavy atom. The summed E-state index contributed by atoms with van der Waals surface area (Å²) in [7, 11) is 0. The molecule has 198 valence electrons. The highest BCUT2D eigenvalue weighted by atomic mass is 35.5. The fourth-order valence-electron chi connectivity index (χ4n) is 5.18. The third kappa shape index (κ3) is 5.31. The van der Waals surface area contributed by atoms with E-state index < -0.39 is 5.92 Å². The van der Waals surface area contributed by atoms with Gasteiger partial charge in [-0.15, -0.1) is 0 Å². The van der Waals surface area contributed by atoms with E-state index in [1.165, 1.54) is 0 Å². The largest absolute Gasteiger partial charge is 0.490 e. The highest BCUT2D eigenvalue weighted by Crippen LogP contribution is 2.50. The van der Waals surface area contributed by atoms with Gasteiger partial charge in [-0.2, -0.15) is 0 Å². The monoisotopic (exact) mass is 555 g/mol. The van der Waals surface area contributed by atoms with E-state index >= 15 is 0 Å². The van der Waals surface area contributed by atoms with Gasteiger partial charge in [0.25, 0.3) is 5.91 Å². The van der Waals surface area contributed by atoms with Gasteiger partial charge in [-0.3, -0.25) is 14.4 Å². The van der Waals surface area contributed by atoms with Crippen LogP contribution in [0.25, 0.3) is 0 Å². The van der Waals surface area contributed by atoms with Crippen molar-refractivity contribution in [3.8, 4) is 11.5 Å². The van der Waals surface area contributed by atoms with Crippen LogP contribution in [0.15, 0.2) is 59.1 Å². The number of carbonyl (C=O) groups excluding carboxylic acids is 3. The minimum absolute atomic E-state index is 0.0190. The number of allylic oxidation sites excluding steroid dienone is 4. The molecule has 3 aliphatic rings. The van der Waals surface area contributed by atoms with Crippen molar-refractivity contribution in [2.24, 2.45) is 0 Å². The van der Waals surface area contributed by atoms with Gasteiger partial charge in [0, 0.05) is 53.5 Å². The molecule has 0 aromatic heterocycles. The van der Waals surface area contributed by atoms with E-state index in [-0.39, 0.29) is 34.9 Å². The molecule has 0 saturated carbocycles. The Labute approximate surface area is 230 Å². The smallest absolute Gasteiger partial charge is 0.262 e. The molecule has 2 aliphatic carbocycles. The highest BCUT2D eigenvalue weighted by molar-refractivity contribution is 6.32. The highest BCUT2D eigenvalue weighted by Gasteiger charge is 2.42. The first kappa shape index (κ1) is 26.3. The van der Waals surface area contributed by atoms with Crippen molar-refractivity contribution in [3.63, 3.8) is 0 Å². The Bertz CT molecular complexity index is 1320. The Balaban J connectivity index is 1.47. The first-order valence-electron chi connectivity index (χ1n) is 12.7. The average molecular weight is 556 g/mol. The van der Waals surface area contributed by atoms with Crippen LogP contribution in [0.1, 0.15) is 56.9 Å². The third-order valence-corrected chi connectivity index (χ3v) is 7.31. The van der Waals surface area contributed by atoms with Crippen molar-refractivity contribution in [2.75, 3.05) is 18.5 Å². The van der Waals surface area contributed by atoms with E-state index in [1.54, 1.807) is 36.4 Å². The van der Waals surface area contributed by atoms with E-state index in [9.17, 15) is 14.4 Å². The topological polar surface area (TPSA) is 90.9 Å². The number of benzene rings is 2. The lowest BCUT2D eigenvalue weighted by Crippen LogP contribution is -2.30. The Morgan fingerprint density at radius 3 is 2.18 bits per heavy atom. The van der Waals surface area contributed by atoms with E-state index in [4.69, 9.17) is 37.4 Å². The first-order valence-corrected chi connectivity index (χ1v) is 13.5. The number of rotatable bonds is 7. The van der Waals surface area contributed by atoms with Gasteiger partial charge in [-0.05, 0) is 61.7 Å². The molecule has 38 heavy (non-hydrogen) atoms. The zero-order chi connectivity index (χ0) is 26.8. The molecule has 0 unspecified atom stereocenters. The van der Waals surface area contributed by atoms with Crippen LogP contribution in [0.5, 0.6) is 11.5 Å². The van der Waals surface area contributed by atoms with E-state index in [0.717, 1.165) is 12.8 Å². The van der Waals surface area contributed by atoms with E-state index in [2.05, 4.69) is 5.32 Å². The van der Waals surface area contributed by atoms with Crippen LogP contribution < -0.4 is 14.8 Å². The van der Waals surface area contributed by atoms with Crippen molar-refractivity contribution in [2.45, 2.75) is 51.4 Å². The maximum atomic E-state index is 13.1. The molecular weight excluding hydrogens is 529 g/mol. The van der Waals surface area contributed by atoms with E-state index in [0.29, 0.717) is 77.0 Å². The van der Waals surface area contributed by atoms with Gasteiger partial charge in [0.1, 0.15) is 11.5 Å². The van der Waals surface area contributed by atoms with Crippen LogP contribution in [0, 0.1) is 0 Å².